The number of hydrogen-bond acceptors (Lipinski definition) is 3. The minimum Gasteiger partial charge on any atom is -0.342 e. The first-order valence-corrected chi connectivity index (χ1v) is 8.73. The summed E-state index contributed by atoms with van der Waals surface area (Å²) < 4.78 is 12.9. The lowest BCUT2D eigenvalue weighted by Crippen LogP contribution is -2.40. The van der Waals surface area contributed by atoms with Gasteiger partial charge in [0.1, 0.15) is 5.82 Å². The predicted molar refractivity (Wildman–Crippen MR) is 90.3 cm³/mol. The second-order valence-corrected chi connectivity index (χ2v) is 7.30. The molecule has 4 nitrogen and oxygen atoms in total. The molecule has 0 saturated carbocycles. The lowest BCUT2D eigenvalue weighted by atomic mass is 9.78. The van der Waals surface area contributed by atoms with Crippen LogP contribution in [0.5, 0.6) is 0 Å². The molecule has 0 bridgehead atoms. The number of carbonyl (C=O) groups is 2. The van der Waals surface area contributed by atoms with Crippen molar-refractivity contribution in [2.24, 2.45) is 5.41 Å². The van der Waals surface area contributed by atoms with Crippen molar-refractivity contribution in [3.05, 3.63) is 35.6 Å². The van der Waals surface area contributed by atoms with Gasteiger partial charge in [-0.1, -0.05) is 0 Å². The van der Waals surface area contributed by atoms with E-state index >= 15 is 0 Å². The van der Waals surface area contributed by atoms with Crippen LogP contribution in [0, 0.1) is 11.2 Å². The third-order valence-electron chi connectivity index (χ3n) is 5.57. The highest BCUT2D eigenvalue weighted by Crippen LogP contribution is 2.40. The van der Waals surface area contributed by atoms with E-state index in [1.54, 1.807) is 0 Å². The van der Waals surface area contributed by atoms with Crippen LogP contribution in [0.3, 0.4) is 0 Å². The van der Waals surface area contributed by atoms with E-state index in [1.807, 2.05) is 4.90 Å². The molecule has 2 heterocycles. The van der Waals surface area contributed by atoms with Crippen molar-refractivity contribution in [2.45, 2.75) is 32.1 Å². The largest absolute Gasteiger partial charge is 0.342 e. The lowest BCUT2D eigenvalue weighted by molar-refractivity contribution is -0.130. The molecule has 2 saturated heterocycles. The molecule has 1 aromatic rings. The molecule has 5 heteroatoms. The second-order valence-electron chi connectivity index (χ2n) is 7.30. The molecule has 2 fully saturated rings. The highest BCUT2D eigenvalue weighted by atomic mass is 19.1. The van der Waals surface area contributed by atoms with Crippen LogP contribution in [-0.2, 0) is 4.79 Å². The Kier molecular flexibility index (Phi) is 4.99. The van der Waals surface area contributed by atoms with Gasteiger partial charge < -0.3 is 9.80 Å². The summed E-state index contributed by atoms with van der Waals surface area (Å²) in [5.74, 6) is -0.388. The number of nitrogens with zero attached hydrogens (tertiary/aromatic N) is 2. The molecule has 24 heavy (non-hydrogen) atoms. The van der Waals surface area contributed by atoms with Crippen LogP contribution < -0.4 is 0 Å². The molecular weight excluding hydrogens is 307 g/mol. The van der Waals surface area contributed by atoms with Crippen LogP contribution in [-0.4, -0.2) is 54.7 Å². The zero-order valence-electron chi connectivity index (χ0n) is 14.3. The van der Waals surface area contributed by atoms with Crippen LogP contribution >= 0.6 is 0 Å². The first-order chi connectivity index (χ1) is 11.5. The van der Waals surface area contributed by atoms with Crippen molar-refractivity contribution in [3.63, 3.8) is 0 Å². The summed E-state index contributed by atoms with van der Waals surface area (Å²) >= 11 is 0. The Morgan fingerprint density at radius 1 is 1.04 bits per heavy atom. The number of Topliss-reactive ketones (excluding diaryl/α,β-unsaturated/α-hetero) is 1. The second kappa shape index (κ2) is 7.01. The summed E-state index contributed by atoms with van der Waals surface area (Å²) in [6, 6.07) is 5.51. The van der Waals surface area contributed by atoms with E-state index in [1.165, 1.54) is 24.3 Å². The van der Waals surface area contributed by atoms with Crippen molar-refractivity contribution >= 4 is 11.7 Å². The average Bonchev–Trinajstić information content (AvgIpc) is 3.00. The van der Waals surface area contributed by atoms with Gasteiger partial charge in [-0.05, 0) is 69.1 Å². The summed E-state index contributed by atoms with van der Waals surface area (Å²) in [7, 11) is 2.14. The Balaban J connectivity index is 1.49. The molecule has 1 aromatic carbocycles. The van der Waals surface area contributed by atoms with Crippen molar-refractivity contribution in [3.8, 4) is 0 Å². The molecule has 0 atom stereocenters. The molecule has 2 aliphatic rings. The first-order valence-electron chi connectivity index (χ1n) is 8.73. The topological polar surface area (TPSA) is 40.6 Å². The Bertz CT molecular complexity index is 606. The highest BCUT2D eigenvalue weighted by Gasteiger charge is 2.41. The molecule has 1 amide bonds. The fraction of sp³-hybridized carbons (Fsp3) is 0.579. The van der Waals surface area contributed by atoms with Gasteiger partial charge in [-0.25, -0.2) is 4.39 Å². The smallest absolute Gasteiger partial charge is 0.223 e. The molecule has 3 rings (SSSR count). The van der Waals surface area contributed by atoms with Crippen molar-refractivity contribution in [1.29, 1.82) is 0 Å². The fourth-order valence-corrected chi connectivity index (χ4v) is 3.81. The molecule has 1 spiro atoms. The molecule has 0 aliphatic carbocycles. The monoisotopic (exact) mass is 332 g/mol. The number of likely N-dealkylation sites (tertiary alicyclic amines) is 2. The number of benzene rings is 1. The quantitative estimate of drug-likeness (QED) is 0.796. The summed E-state index contributed by atoms with van der Waals surface area (Å²) in [5, 5.41) is 0. The molecule has 0 unspecified atom stereocenters. The number of amides is 1. The normalized spacial score (nSPS) is 20.5. The van der Waals surface area contributed by atoms with E-state index in [-0.39, 0.29) is 30.3 Å². The van der Waals surface area contributed by atoms with Gasteiger partial charge in [0.2, 0.25) is 5.91 Å². The van der Waals surface area contributed by atoms with Gasteiger partial charge >= 0.3 is 0 Å². The van der Waals surface area contributed by atoms with Gasteiger partial charge in [-0.3, -0.25) is 9.59 Å². The minimum atomic E-state index is -0.358. The molecule has 0 aromatic heterocycles. The summed E-state index contributed by atoms with van der Waals surface area (Å²) in [6.45, 7) is 3.86. The standard InChI is InChI=1S/C19H25FN2O2/c1-21-11-8-19(9-12-21)10-13-22(14-19)18(24)7-6-17(23)15-2-4-16(20)5-3-15/h2-5H,6-14H2,1H3. The van der Waals surface area contributed by atoms with Crippen molar-refractivity contribution in [1.82, 2.24) is 9.80 Å². The van der Waals surface area contributed by atoms with Crippen LogP contribution in [0.15, 0.2) is 24.3 Å². The van der Waals surface area contributed by atoms with E-state index in [0.29, 0.717) is 11.0 Å². The van der Waals surface area contributed by atoms with Gasteiger partial charge in [0.25, 0.3) is 0 Å². The maximum Gasteiger partial charge on any atom is 0.223 e. The Morgan fingerprint density at radius 3 is 2.33 bits per heavy atom. The Hall–Kier alpha value is -1.75. The number of rotatable bonds is 4. The summed E-state index contributed by atoms with van der Waals surface area (Å²) in [5.41, 5.74) is 0.765. The van der Waals surface area contributed by atoms with Gasteiger partial charge in [-0.2, -0.15) is 0 Å². The number of halogens is 1. The summed E-state index contributed by atoms with van der Waals surface area (Å²) in [4.78, 5) is 28.8. The van der Waals surface area contributed by atoms with E-state index in [4.69, 9.17) is 0 Å². The first kappa shape index (κ1) is 17.1. The lowest BCUT2D eigenvalue weighted by Gasteiger charge is -2.37. The number of ketones is 1. The molecule has 130 valence electrons. The summed E-state index contributed by atoms with van der Waals surface area (Å²) in [6.07, 6.45) is 3.82. The average molecular weight is 332 g/mol. The maximum absolute atomic E-state index is 12.9. The highest BCUT2D eigenvalue weighted by molar-refractivity contribution is 5.97. The predicted octanol–water partition coefficient (Wildman–Crippen LogP) is 2.73. The number of piperidine rings is 1. The Labute approximate surface area is 142 Å². The van der Waals surface area contributed by atoms with Crippen LogP contribution in [0.4, 0.5) is 4.39 Å². The van der Waals surface area contributed by atoms with E-state index in [2.05, 4.69) is 11.9 Å². The van der Waals surface area contributed by atoms with Gasteiger partial charge in [0, 0.05) is 31.5 Å². The SMILES string of the molecule is CN1CCC2(CC1)CCN(C(=O)CCC(=O)c1ccc(F)cc1)C2. The van der Waals surface area contributed by atoms with Crippen LogP contribution in [0.2, 0.25) is 0 Å². The molecule has 0 N–H and O–H groups in total. The molecule has 0 radical (unpaired) electrons. The van der Waals surface area contributed by atoms with Crippen molar-refractivity contribution in [2.75, 3.05) is 33.2 Å². The van der Waals surface area contributed by atoms with Gasteiger partial charge in [0.05, 0.1) is 0 Å². The van der Waals surface area contributed by atoms with Gasteiger partial charge in [0.15, 0.2) is 5.78 Å². The van der Waals surface area contributed by atoms with Crippen molar-refractivity contribution < 1.29 is 14.0 Å². The number of hydrogen-bond donors (Lipinski definition) is 0. The van der Waals surface area contributed by atoms with E-state index < -0.39 is 0 Å². The maximum atomic E-state index is 12.9. The minimum absolute atomic E-state index is 0.0706. The van der Waals surface area contributed by atoms with Crippen LogP contribution in [0.1, 0.15) is 42.5 Å². The number of carbonyl (C=O) groups excluding carboxylic acids is 2. The fourth-order valence-electron chi connectivity index (χ4n) is 3.81. The third kappa shape index (κ3) is 3.83. The zero-order valence-corrected chi connectivity index (χ0v) is 14.3. The van der Waals surface area contributed by atoms with Gasteiger partial charge in [-0.15, -0.1) is 0 Å². The Morgan fingerprint density at radius 2 is 1.67 bits per heavy atom. The van der Waals surface area contributed by atoms with E-state index in [0.717, 1.165) is 45.4 Å². The third-order valence-corrected chi connectivity index (χ3v) is 5.57. The molecular formula is C19H25FN2O2. The van der Waals surface area contributed by atoms with Crippen LogP contribution in [0.25, 0.3) is 0 Å². The zero-order chi connectivity index (χ0) is 17.2. The molecule has 2 aliphatic heterocycles. The van der Waals surface area contributed by atoms with E-state index in [9.17, 15) is 14.0 Å².